The molecule has 4 rings (SSSR count). The fraction of sp³-hybridized carbons (Fsp3) is 0.500. The fourth-order valence-electron chi connectivity index (χ4n) is 4.20. The summed E-state index contributed by atoms with van der Waals surface area (Å²) in [6.07, 6.45) is 6.06. The third-order valence-corrected chi connectivity index (χ3v) is 6.06. The molecule has 0 bridgehead atoms. The number of nitrogens with zero attached hydrogens (tertiary/aromatic N) is 2. The summed E-state index contributed by atoms with van der Waals surface area (Å²) >= 11 is 0. The van der Waals surface area contributed by atoms with Crippen molar-refractivity contribution in [3.05, 3.63) is 48.3 Å². The predicted octanol–water partition coefficient (Wildman–Crippen LogP) is 1.82. The molecule has 6 nitrogen and oxygen atoms in total. The van der Waals surface area contributed by atoms with Crippen molar-refractivity contribution in [3.8, 4) is 5.75 Å². The number of hydrogen-bond acceptors (Lipinski definition) is 4. The highest BCUT2D eigenvalue weighted by Gasteiger charge is 2.55. The van der Waals surface area contributed by atoms with Crippen LogP contribution in [0.5, 0.6) is 5.75 Å². The molecular weight excluding hydrogens is 328 g/mol. The van der Waals surface area contributed by atoms with Gasteiger partial charge in [-0.25, -0.2) is 0 Å². The average molecular weight is 354 g/mol. The monoisotopic (exact) mass is 354 g/mol. The molecule has 1 saturated heterocycles. The Bertz CT molecular complexity index is 783. The van der Waals surface area contributed by atoms with Gasteiger partial charge in [0, 0.05) is 29.4 Å². The number of piperidine rings is 1. The molecule has 1 saturated carbocycles. The summed E-state index contributed by atoms with van der Waals surface area (Å²) < 4.78 is 7.36. The maximum Gasteiger partial charge on any atom is 0.248 e. The zero-order chi connectivity index (χ0) is 18.2. The molecule has 2 N–H and O–H groups in total. The second kappa shape index (κ2) is 6.43. The smallest absolute Gasteiger partial charge is 0.248 e. The Morgan fingerprint density at radius 1 is 1.31 bits per heavy atom. The van der Waals surface area contributed by atoms with Crippen LogP contribution in [0.4, 0.5) is 0 Å². The molecule has 138 valence electrons. The number of aromatic nitrogens is 2. The van der Waals surface area contributed by atoms with E-state index >= 15 is 0 Å². The van der Waals surface area contributed by atoms with E-state index in [4.69, 9.17) is 4.74 Å². The van der Waals surface area contributed by atoms with Gasteiger partial charge in [0.15, 0.2) is 0 Å². The van der Waals surface area contributed by atoms with E-state index in [9.17, 15) is 4.79 Å². The highest BCUT2D eigenvalue weighted by molar-refractivity contribution is 5.85. The summed E-state index contributed by atoms with van der Waals surface area (Å²) in [4.78, 5) is 13.3. The minimum Gasteiger partial charge on any atom is -0.496 e. The fourth-order valence-corrected chi connectivity index (χ4v) is 4.20. The largest absolute Gasteiger partial charge is 0.496 e. The Balaban J connectivity index is 1.55. The molecule has 2 fully saturated rings. The van der Waals surface area contributed by atoms with Gasteiger partial charge in [0.1, 0.15) is 11.3 Å². The van der Waals surface area contributed by atoms with Crippen molar-refractivity contribution in [3.63, 3.8) is 0 Å². The van der Waals surface area contributed by atoms with Crippen molar-refractivity contribution in [1.82, 2.24) is 20.4 Å². The first-order chi connectivity index (χ1) is 12.6. The molecule has 2 heterocycles. The minimum absolute atomic E-state index is 0.0753. The third kappa shape index (κ3) is 2.69. The topological polar surface area (TPSA) is 68.2 Å². The number of para-hydroxylation sites is 1. The second-order valence-corrected chi connectivity index (χ2v) is 7.58. The molecule has 1 aliphatic heterocycles. The second-order valence-electron chi connectivity index (χ2n) is 7.58. The van der Waals surface area contributed by atoms with E-state index < -0.39 is 5.54 Å². The molecule has 2 aliphatic rings. The first-order valence-corrected chi connectivity index (χ1v) is 9.25. The number of nitrogens with one attached hydrogen (secondary N) is 2. The SMILES string of the molecule is COc1ccccc1C1(C)CC1NC(=O)C1(n2cccn2)CCNCC1. The van der Waals surface area contributed by atoms with E-state index in [1.165, 1.54) is 0 Å². The quantitative estimate of drug-likeness (QED) is 0.859. The zero-order valence-electron chi connectivity index (χ0n) is 15.4. The number of hydrogen-bond donors (Lipinski definition) is 2. The lowest BCUT2D eigenvalue weighted by Gasteiger charge is -2.36. The molecule has 0 spiro atoms. The van der Waals surface area contributed by atoms with Crippen LogP contribution in [0.2, 0.25) is 0 Å². The van der Waals surface area contributed by atoms with Crippen molar-refractivity contribution in [2.75, 3.05) is 20.2 Å². The van der Waals surface area contributed by atoms with E-state index in [-0.39, 0.29) is 17.4 Å². The van der Waals surface area contributed by atoms with Gasteiger partial charge in [-0.3, -0.25) is 9.48 Å². The Labute approximate surface area is 153 Å². The third-order valence-electron chi connectivity index (χ3n) is 6.06. The van der Waals surface area contributed by atoms with Crippen molar-refractivity contribution in [2.45, 2.75) is 43.2 Å². The zero-order valence-corrected chi connectivity index (χ0v) is 15.4. The summed E-state index contributed by atoms with van der Waals surface area (Å²) in [5, 5.41) is 11.0. The molecule has 0 radical (unpaired) electrons. The van der Waals surface area contributed by atoms with Gasteiger partial charge < -0.3 is 15.4 Å². The Hall–Kier alpha value is -2.34. The maximum absolute atomic E-state index is 13.3. The average Bonchev–Trinajstić information content (AvgIpc) is 3.09. The molecule has 2 unspecified atom stereocenters. The highest BCUT2D eigenvalue weighted by atomic mass is 16.5. The van der Waals surface area contributed by atoms with Crippen LogP contribution < -0.4 is 15.4 Å². The first kappa shape index (κ1) is 17.1. The Morgan fingerprint density at radius 3 is 2.77 bits per heavy atom. The summed E-state index contributed by atoms with van der Waals surface area (Å²) in [5.74, 6) is 0.960. The van der Waals surface area contributed by atoms with E-state index in [1.54, 1.807) is 13.3 Å². The maximum atomic E-state index is 13.3. The van der Waals surface area contributed by atoms with Crippen LogP contribution in [0.25, 0.3) is 0 Å². The van der Waals surface area contributed by atoms with Crippen LogP contribution in [0, 0.1) is 0 Å². The number of rotatable bonds is 5. The predicted molar refractivity (Wildman–Crippen MR) is 99.2 cm³/mol. The summed E-state index contributed by atoms with van der Waals surface area (Å²) in [6, 6.07) is 10.1. The van der Waals surface area contributed by atoms with Gasteiger partial charge in [-0.1, -0.05) is 25.1 Å². The molecule has 1 aliphatic carbocycles. The van der Waals surface area contributed by atoms with Crippen LogP contribution in [-0.4, -0.2) is 41.9 Å². The molecule has 2 aromatic rings. The van der Waals surface area contributed by atoms with Gasteiger partial charge in [0.25, 0.3) is 0 Å². The standard InChI is InChI=1S/C20H26N4O2/c1-19(15-6-3-4-7-16(15)26-2)14-17(19)23-18(25)20(8-11-21-12-9-20)24-13-5-10-22-24/h3-7,10,13,17,21H,8-9,11-12,14H2,1-2H3,(H,23,25). The molecule has 2 atom stereocenters. The van der Waals surface area contributed by atoms with Crippen LogP contribution in [0.15, 0.2) is 42.7 Å². The van der Waals surface area contributed by atoms with E-state index in [2.05, 4.69) is 28.7 Å². The van der Waals surface area contributed by atoms with Crippen molar-refractivity contribution in [1.29, 1.82) is 0 Å². The molecule has 1 aromatic heterocycles. The number of benzene rings is 1. The number of carbonyl (C=O) groups excluding carboxylic acids is 1. The molecule has 1 amide bonds. The lowest BCUT2D eigenvalue weighted by Crippen LogP contribution is -2.55. The van der Waals surface area contributed by atoms with Gasteiger partial charge in [-0.2, -0.15) is 5.10 Å². The van der Waals surface area contributed by atoms with Crippen molar-refractivity contribution < 1.29 is 9.53 Å². The van der Waals surface area contributed by atoms with Gasteiger partial charge in [0.2, 0.25) is 5.91 Å². The van der Waals surface area contributed by atoms with Crippen LogP contribution >= 0.6 is 0 Å². The number of methoxy groups -OCH3 is 1. The Kier molecular flexibility index (Phi) is 4.23. The van der Waals surface area contributed by atoms with Gasteiger partial charge in [0.05, 0.1) is 7.11 Å². The van der Waals surface area contributed by atoms with Gasteiger partial charge in [-0.15, -0.1) is 0 Å². The Morgan fingerprint density at radius 2 is 2.08 bits per heavy atom. The number of carbonyl (C=O) groups is 1. The molecular formula is C20H26N4O2. The van der Waals surface area contributed by atoms with E-state index in [1.807, 2.05) is 35.1 Å². The van der Waals surface area contributed by atoms with Gasteiger partial charge in [-0.05, 0) is 44.5 Å². The van der Waals surface area contributed by atoms with Crippen molar-refractivity contribution in [2.24, 2.45) is 0 Å². The molecule has 26 heavy (non-hydrogen) atoms. The first-order valence-electron chi connectivity index (χ1n) is 9.25. The highest BCUT2D eigenvalue weighted by Crippen LogP contribution is 2.51. The number of ether oxygens (including phenoxy) is 1. The van der Waals surface area contributed by atoms with E-state index in [0.717, 1.165) is 43.7 Å². The lowest BCUT2D eigenvalue weighted by molar-refractivity contribution is -0.132. The normalized spacial score (nSPS) is 26.9. The van der Waals surface area contributed by atoms with E-state index in [0.29, 0.717) is 0 Å². The summed E-state index contributed by atoms with van der Waals surface area (Å²) in [5.41, 5.74) is 0.478. The summed E-state index contributed by atoms with van der Waals surface area (Å²) in [6.45, 7) is 3.84. The van der Waals surface area contributed by atoms with Crippen LogP contribution in [0.1, 0.15) is 31.7 Å². The molecule has 1 aromatic carbocycles. The number of amides is 1. The lowest BCUT2D eigenvalue weighted by atomic mass is 9.87. The van der Waals surface area contributed by atoms with Gasteiger partial charge >= 0.3 is 0 Å². The molecule has 6 heteroatoms. The minimum atomic E-state index is -0.598. The summed E-state index contributed by atoms with van der Waals surface area (Å²) in [7, 11) is 1.69. The van der Waals surface area contributed by atoms with Crippen LogP contribution in [-0.2, 0) is 15.7 Å². The van der Waals surface area contributed by atoms with Crippen molar-refractivity contribution >= 4 is 5.91 Å². The van der Waals surface area contributed by atoms with Crippen LogP contribution in [0.3, 0.4) is 0 Å².